The highest BCUT2D eigenvalue weighted by atomic mass is 32.1. The van der Waals surface area contributed by atoms with Gasteiger partial charge in [-0.3, -0.25) is 14.1 Å². The van der Waals surface area contributed by atoms with Crippen LogP contribution >= 0.6 is 11.3 Å². The van der Waals surface area contributed by atoms with Crippen LogP contribution in [0.5, 0.6) is 5.75 Å². The van der Waals surface area contributed by atoms with Crippen LogP contribution in [0, 0.1) is 5.82 Å². The first-order valence-electron chi connectivity index (χ1n) is 17.9. The number of hydrogen-bond donors (Lipinski definition) is 2. The van der Waals surface area contributed by atoms with Crippen molar-refractivity contribution in [1.29, 1.82) is 0 Å². The topological polar surface area (TPSA) is 133 Å². The van der Waals surface area contributed by atoms with Gasteiger partial charge in [-0.25, -0.2) is 19.0 Å². The number of nitrogens with zero attached hydrogens (tertiary/aromatic N) is 4. The first-order valence-corrected chi connectivity index (χ1v) is 18.7. The third-order valence-corrected chi connectivity index (χ3v) is 11.4. The molecule has 5 heterocycles. The van der Waals surface area contributed by atoms with Gasteiger partial charge in [-0.05, 0) is 104 Å². The van der Waals surface area contributed by atoms with E-state index in [0.29, 0.717) is 40.9 Å². The van der Waals surface area contributed by atoms with Crippen molar-refractivity contribution in [2.45, 2.75) is 57.5 Å². The molecule has 13 heteroatoms. The second kappa shape index (κ2) is 14.6. The number of nitrogens with one attached hydrogen (secondary N) is 2. The van der Waals surface area contributed by atoms with Gasteiger partial charge in [0.05, 0.1) is 53.0 Å². The number of fused-ring (bicyclic) bond motifs is 2. The minimum absolute atomic E-state index is 0.0399. The van der Waals surface area contributed by atoms with Crippen LogP contribution in [0.3, 0.4) is 0 Å². The number of benzene rings is 2. The summed E-state index contributed by atoms with van der Waals surface area (Å²) in [7, 11) is 3.28. The van der Waals surface area contributed by atoms with Gasteiger partial charge in [-0.15, -0.1) is 11.3 Å². The van der Waals surface area contributed by atoms with E-state index in [-0.39, 0.29) is 30.3 Å². The van der Waals surface area contributed by atoms with E-state index in [2.05, 4.69) is 21.9 Å². The van der Waals surface area contributed by atoms with Gasteiger partial charge in [0.2, 0.25) is 0 Å². The quantitative estimate of drug-likeness (QED) is 0.130. The van der Waals surface area contributed by atoms with Crippen LogP contribution in [0.4, 0.5) is 10.2 Å². The lowest BCUT2D eigenvalue weighted by Gasteiger charge is -2.22. The number of carbonyl (C=O) groups is 1. The molecule has 2 N–H and O–H groups in total. The molecule has 0 bridgehead atoms. The number of hydrogen-bond acceptors (Lipinski definition) is 11. The van der Waals surface area contributed by atoms with Crippen LogP contribution < -0.4 is 21.1 Å². The predicted octanol–water partition coefficient (Wildman–Crippen LogP) is 7.35. The lowest BCUT2D eigenvalue weighted by atomic mass is 9.91. The molecule has 11 nitrogen and oxygen atoms in total. The van der Waals surface area contributed by atoms with Gasteiger partial charge in [0.15, 0.2) is 5.82 Å². The van der Waals surface area contributed by atoms with Gasteiger partial charge < -0.3 is 20.1 Å². The van der Waals surface area contributed by atoms with E-state index in [1.165, 1.54) is 39.2 Å². The Balaban J connectivity index is 1.34. The molecule has 2 aromatic carbocycles. The zero-order valence-corrected chi connectivity index (χ0v) is 30.5. The van der Waals surface area contributed by atoms with Gasteiger partial charge in [0.1, 0.15) is 17.4 Å². The zero-order chi connectivity index (χ0) is 36.6. The van der Waals surface area contributed by atoms with E-state index < -0.39 is 11.7 Å². The number of esters is 1. The maximum atomic E-state index is 14.2. The predicted molar refractivity (Wildman–Crippen MR) is 201 cm³/mol. The lowest BCUT2D eigenvalue weighted by molar-refractivity contribution is 0.0524. The minimum Gasteiger partial charge on any atom is -0.496 e. The highest BCUT2D eigenvalue weighted by molar-refractivity contribution is 7.23. The van der Waals surface area contributed by atoms with Gasteiger partial charge in [0.25, 0.3) is 0 Å². The molecule has 1 aliphatic carbocycles. The average Bonchev–Trinajstić information content (AvgIpc) is 3.99. The van der Waals surface area contributed by atoms with Crippen LogP contribution in [-0.4, -0.2) is 45.9 Å². The smallest absolute Gasteiger partial charge is 0.441 e. The van der Waals surface area contributed by atoms with E-state index in [9.17, 15) is 14.0 Å². The Bertz CT molecular complexity index is 2380. The largest absolute Gasteiger partial charge is 0.496 e. The lowest BCUT2D eigenvalue weighted by Crippen LogP contribution is -2.22. The Morgan fingerprint density at radius 3 is 2.72 bits per heavy atom. The molecule has 4 aromatic heterocycles. The molecule has 2 atom stereocenters. The van der Waals surface area contributed by atoms with Crippen molar-refractivity contribution in [3.63, 3.8) is 0 Å². The highest BCUT2D eigenvalue weighted by Gasteiger charge is 2.35. The van der Waals surface area contributed by atoms with Gasteiger partial charge >= 0.3 is 11.7 Å². The Hall–Kier alpha value is -5.40. The minimum atomic E-state index is -0.643. The van der Waals surface area contributed by atoms with Crippen molar-refractivity contribution >= 4 is 33.2 Å². The third-order valence-electron chi connectivity index (χ3n) is 10.2. The molecule has 53 heavy (non-hydrogen) atoms. The SMILES string of the molecule is CCOC(=O)c1c(C2CCCN2)nc(CCc2ccc(F)cc2)c(-c2noc(=O)n2C)c1-c1cc2ccnc(NC3CCc4c(OC)cccc43)c2s1. The number of carbonyl (C=O) groups excluding carboxylic acids is 1. The van der Waals surface area contributed by atoms with E-state index in [1.54, 1.807) is 39.4 Å². The number of ether oxygens (including phenoxy) is 2. The molecule has 0 amide bonds. The number of halogens is 1. The number of thiophene rings is 1. The summed E-state index contributed by atoms with van der Waals surface area (Å²) in [5, 5.41) is 12.4. The number of anilines is 1. The normalized spacial score (nSPS) is 16.6. The van der Waals surface area contributed by atoms with Crippen LogP contribution in [0.15, 0.2) is 70.1 Å². The summed E-state index contributed by atoms with van der Waals surface area (Å²) >= 11 is 1.50. The fourth-order valence-corrected chi connectivity index (χ4v) is 8.80. The number of rotatable bonds is 11. The Morgan fingerprint density at radius 1 is 1.13 bits per heavy atom. The molecule has 6 aromatic rings. The molecule has 8 rings (SSSR count). The van der Waals surface area contributed by atoms with Crippen molar-refractivity contribution < 1.29 is 23.2 Å². The second-order valence-corrected chi connectivity index (χ2v) is 14.4. The second-order valence-electron chi connectivity index (χ2n) is 13.3. The fraction of sp³-hybridized carbons (Fsp3) is 0.325. The van der Waals surface area contributed by atoms with Gasteiger partial charge in [-0.2, -0.15) is 0 Å². The third kappa shape index (κ3) is 6.48. The molecule has 1 fully saturated rings. The standard InChI is InChI=1S/C40H39FN6O5S/c1-4-51-39(48)34-33(31-21-23-18-20-43-37(36(23)53-31)45-27-17-15-26-25(27)7-5-9-30(26)50-3)32(38-46-52-40(49)47(38)2)28(44-35(34)29-8-6-19-42-29)16-12-22-10-13-24(41)14-11-22/h5,7,9-11,13-14,18,20-21,27,29,42H,4,6,8,12,15-17,19H2,1-3H3,(H,43,45). The van der Waals surface area contributed by atoms with Crippen LogP contribution in [0.2, 0.25) is 0 Å². The number of aromatic nitrogens is 4. The molecular weight excluding hydrogens is 696 g/mol. The fourth-order valence-electron chi connectivity index (χ4n) is 7.64. The maximum Gasteiger partial charge on any atom is 0.441 e. The highest BCUT2D eigenvalue weighted by Crippen LogP contribution is 2.47. The number of aryl methyl sites for hydroxylation is 2. The summed E-state index contributed by atoms with van der Waals surface area (Å²) in [5.74, 6) is 0.396. The van der Waals surface area contributed by atoms with Crippen LogP contribution in [0.25, 0.3) is 31.9 Å². The summed E-state index contributed by atoms with van der Waals surface area (Å²) in [6, 6.07) is 16.4. The van der Waals surface area contributed by atoms with Crippen molar-refractivity contribution in [2.24, 2.45) is 7.05 Å². The van der Waals surface area contributed by atoms with E-state index >= 15 is 0 Å². The zero-order valence-electron chi connectivity index (χ0n) is 29.7. The first kappa shape index (κ1) is 34.7. The van der Waals surface area contributed by atoms with Crippen molar-refractivity contribution in [3.8, 4) is 27.6 Å². The molecule has 1 aliphatic heterocycles. The van der Waals surface area contributed by atoms with Crippen LogP contribution in [0.1, 0.15) is 76.7 Å². The molecule has 272 valence electrons. The van der Waals surface area contributed by atoms with Gasteiger partial charge in [0, 0.05) is 23.7 Å². The molecule has 0 radical (unpaired) electrons. The Morgan fingerprint density at radius 2 is 1.98 bits per heavy atom. The van der Waals surface area contributed by atoms with Crippen LogP contribution in [-0.2, 0) is 31.0 Å². The summed E-state index contributed by atoms with van der Waals surface area (Å²) in [4.78, 5) is 37.8. The maximum absolute atomic E-state index is 14.2. The Kier molecular flexibility index (Phi) is 9.52. The van der Waals surface area contributed by atoms with Gasteiger partial charge in [-0.1, -0.05) is 29.4 Å². The molecule has 1 saturated heterocycles. The van der Waals surface area contributed by atoms with E-state index in [0.717, 1.165) is 64.3 Å². The molecular formula is C40H39FN6O5S. The van der Waals surface area contributed by atoms with Crippen molar-refractivity contribution in [2.75, 3.05) is 25.6 Å². The number of pyridine rings is 2. The number of methoxy groups -OCH3 is 1. The average molecular weight is 735 g/mol. The summed E-state index contributed by atoms with van der Waals surface area (Å²) in [6.45, 7) is 2.73. The Labute approximate surface area is 309 Å². The molecule has 0 spiro atoms. The van der Waals surface area contributed by atoms with Crippen molar-refractivity contribution in [3.05, 3.63) is 111 Å². The van der Waals surface area contributed by atoms with Crippen molar-refractivity contribution in [1.82, 2.24) is 25.0 Å². The summed E-state index contributed by atoms with van der Waals surface area (Å²) in [6.07, 6.45) is 6.22. The molecule has 2 unspecified atom stereocenters. The van der Waals surface area contributed by atoms with E-state index in [1.807, 2.05) is 24.3 Å². The molecule has 0 saturated carbocycles. The summed E-state index contributed by atoms with van der Waals surface area (Å²) in [5.41, 5.74) is 5.94. The molecule has 2 aliphatic rings. The monoisotopic (exact) mass is 734 g/mol. The van der Waals surface area contributed by atoms with E-state index in [4.69, 9.17) is 24.0 Å². The summed E-state index contributed by atoms with van der Waals surface area (Å²) < 4.78 is 32.7. The first-order chi connectivity index (χ1) is 25.8.